The van der Waals surface area contributed by atoms with Gasteiger partial charge >= 0.3 is 0 Å². The van der Waals surface area contributed by atoms with Crippen LogP contribution in [0.5, 0.6) is 0 Å². The van der Waals surface area contributed by atoms with Crippen LogP contribution in [0.1, 0.15) is 31.9 Å². The highest BCUT2D eigenvalue weighted by Gasteiger charge is 2.17. The molecular weight excluding hydrogens is 350 g/mol. The van der Waals surface area contributed by atoms with E-state index in [1.54, 1.807) is 0 Å². The van der Waals surface area contributed by atoms with Gasteiger partial charge in [0.15, 0.2) is 5.82 Å². The summed E-state index contributed by atoms with van der Waals surface area (Å²) in [5, 5.41) is 6.77. The van der Waals surface area contributed by atoms with Crippen LogP contribution < -0.4 is 10.5 Å². The highest BCUT2D eigenvalue weighted by Crippen LogP contribution is 2.31. The molecule has 26 heavy (non-hydrogen) atoms. The monoisotopic (exact) mass is 375 g/mol. The summed E-state index contributed by atoms with van der Waals surface area (Å²) in [6.45, 7) is 2.90. The van der Waals surface area contributed by atoms with Crippen molar-refractivity contribution in [3.63, 3.8) is 0 Å². The van der Waals surface area contributed by atoms with Crippen LogP contribution in [-0.4, -0.2) is 36.0 Å². The average molecular weight is 375 g/mol. The Hall–Kier alpha value is -2.19. The van der Waals surface area contributed by atoms with Crippen molar-refractivity contribution in [1.29, 1.82) is 0 Å². The molecule has 2 heterocycles. The summed E-state index contributed by atoms with van der Waals surface area (Å²) < 4.78 is 27.6. The first-order valence-electron chi connectivity index (χ1n) is 8.91. The van der Waals surface area contributed by atoms with E-state index in [1.807, 2.05) is 28.9 Å². The second-order valence-corrected chi connectivity index (χ2v) is 8.43. The Balaban J connectivity index is 2.00. The molecule has 0 amide bonds. The number of aryl methyl sites for hydroxylation is 2. The normalized spacial score (nSPS) is 12.2. The van der Waals surface area contributed by atoms with E-state index in [0.717, 1.165) is 53.3 Å². The van der Waals surface area contributed by atoms with E-state index in [9.17, 15) is 8.42 Å². The topological polar surface area (TPSA) is 103 Å². The predicted molar refractivity (Wildman–Crippen MR) is 106 cm³/mol. The molecule has 0 fully saturated rings. The summed E-state index contributed by atoms with van der Waals surface area (Å²) in [7, 11) is -1.72. The van der Waals surface area contributed by atoms with Crippen molar-refractivity contribution in [1.82, 2.24) is 19.5 Å². The second kappa shape index (κ2) is 7.59. The van der Waals surface area contributed by atoms with E-state index in [2.05, 4.69) is 16.6 Å². The predicted octanol–water partition coefficient (Wildman–Crippen LogP) is 2.45. The Labute approximate surface area is 153 Å². The van der Waals surface area contributed by atoms with E-state index >= 15 is 0 Å². The van der Waals surface area contributed by atoms with Crippen LogP contribution in [0.4, 0.5) is 5.82 Å². The third-order valence-electron chi connectivity index (χ3n) is 4.54. The Morgan fingerprint density at radius 1 is 1.23 bits per heavy atom. The van der Waals surface area contributed by atoms with E-state index in [4.69, 9.17) is 10.8 Å². The van der Waals surface area contributed by atoms with Crippen LogP contribution in [0.3, 0.4) is 0 Å². The third kappa shape index (κ3) is 3.66. The zero-order valence-electron chi connectivity index (χ0n) is 15.2. The van der Waals surface area contributed by atoms with Gasteiger partial charge in [-0.15, -0.1) is 0 Å². The summed E-state index contributed by atoms with van der Waals surface area (Å²) in [6, 6.07) is 7.92. The van der Waals surface area contributed by atoms with Gasteiger partial charge in [0.25, 0.3) is 0 Å². The number of hydrogen-bond donors (Lipinski definition) is 2. The van der Waals surface area contributed by atoms with Gasteiger partial charge < -0.3 is 5.73 Å². The summed E-state index contributed by atoms with van der Waals surface area (Å²) in [6.07, 6.45) is 3.08. The highest BCUT2D eigenvalue weighted by molar-refractivity contribution is 7.89. The average Bonchev–Trinajstić information content (AvgIpc) is 2.98. The number of hydrogen-bond acceptors (Lipinski definition) is 5. The fourth-order valence-electron chi connectivity index (χ4n) is 3.26. The third-order valence-corrected chi connectivity index (χ3v) is 5.99. The molecule has 3 N–H and O–H groups in total. The number of nitrogens with one attached hydrogen (secondary N) is 1. The minimum Gasteiger partial charge on any atom is -0.382 e. The Morgan fingerprint density at radius 3 is 2.73 bits per heavy atom. The molecule has 0 aliphatic heterocycles. The van der Waals surface area contributed by atoms with Crippen molar-refractivity contribution in [2.24, 2.45) is 0 Å². The quantitative estimate of drug-likeness (QED) is 0.589. The summed E-state index contributed by atoms with van der Waals surface area (Å²) in [5.74, 6) is 0.570. The fourth-order valence-corrected chi connectivity index (χ4v) is 4.05. The largest absolute Gasteiger partial charge is 0.382 e. The maximum atomic E-state index is 11.6. The van der Waals surface area contributed by atoms with Crippen LogP contribution in [0.2, 0.25) is 0 Å². The van der Waals surface area contributed by atoms with Crippen LogP contribution in [0.25, 0.3) is 21.8 Å². The molecule has 0 unspecified atom stereocenters. The molecule has 2 aromatic heterocycles. The number of fused-ring (bicyclic) bond motifs is 3. The molecule has 7 nitrogen and oxygen atoms in total. The maximum absolute atomic E-state index is 11.6. The number of unbranched alkanes of at least 4 members (excludes halogenated alkanes) is 1. The van der Waals surface area contributed by atoms with Gasteiger partial charge in [0.2, 0.25) is 10.0 Å². The molecule has 8 heteroatoms. The zero-order valence-corrected chi connectivity index (χ0v) is 16.0. The van der Waals surface area contributed by atoms with Gasteiger partial charge in [0.05, 0.1) is 11.3 Å². The van der Waals surface area contributed by atoms with E-state index in [0.29, 0.717) is 12.2 Å². The number of aromatic nitrogens is 3. The number of nitrogens with two attached hydrogens (primary N) is 1. The molecule has 1 aromatic carbocycles. The van der Waals surface area contributed by atoms with Crippen LogP contribution >= 0.6 is 0 Å². The van der Waals surface area contributed by atoms with Crippen LogP contribution in [0.15, 0.2) is 24.3 Å². The lowest BCUT2D eigenvalue weighted by Gasteiger charge is -2.08. The summed E-state index contributed by atoms with van der Waals surface area (Å²) >= 11 is 0. The fraction of sp³-hybridized carbons (Fsp3) is 0.444. The first-order valence-corrected chi connectivity index (χ1v) is 10.6. The van der Waals surface area contributed by atoms with Crippen molar-refractivity contribution in [2.75, 3.05) is 18.5 Å². The van der Waals surface area contributed by atoms with Gasteiger partial charge in [-0.3, -0.25) is 4.68 Å². The van der Waals surface area contributed by atoms with Crippen molar-refractivity contribution < 1.29 is 8.42 Å². The zero-order chi connectivity index (χ0) is 18.7. The molecule has 140 valence electrons. The summed E-state index contributed by atoms with van der Waals surface area (Å²) in [5.41, 5.74) is 8.85. The van der Waals surface area contributed by atoms with Gasteiger partial charge in [0.1, 0.15) is 5.52 Å². The molecule has 0 saturated carbocycles. The number of para-hydroxylation sites is 1. The lowest BCUT2D eigenvalue weighted by Crippen LogP contribution is -2.22. The maximum Gasteiger partial charge on any atom is 0.211 e. The minimum absolute atomic E-state index is 0.133. The molecule has 0 bridgehead atoms. The number of anilines is 1. The lowest BCUT2D eigenvalue weighted by atomic mass is 10.1. The number of benzene rings is 1. The number of sulfonamides is 1. The van der Waals surface area contributed by atoms with Gasteiger partial charge in [-0.2, -0.15) is 5.10 Å². The van der Waals surface area contributed by atoms with E-state index in [1.165, 1.54) is 7.05 Å². The molecule has 0 saturated heterocycles. The van der Waals surface area contributed by atoms with Gasteiger partial charge in [-0.25, -0.2) is 18.1 Å². The van der Waals surface area contributed by atoms with Crippen LogP contribution in [-0.2, 0) is 23.0 Å². The summed E-state index contributed by atoms with van der Waals surface area (Å²) in [4.78, 5) is 4.47. The Kier molecular flexibility index (Phi) is 5.43. The van der Waals surface area contributed by atoms with Gasteiger partial charge in [-0.1, -0.05) is 25.1 Å². The van der Waals surface area contributed by atoms with Gasteiger partial charge in [0, 0.05) is 23.0 Å². The molecule has 0 aliphatic carbocycles. The molecular formula is C18H25N5O2S. The van der Waals surface area contributed by atoms with Gasteiger partial charge in [-0.05, 0) is 38.8 Å². The van der Waals surface area contributed by atoms with Crippen molar-refractivity contribution in [2.45, 2.75) is 39.2 Å². The molecule has 3 aromatic rings. The number of rotatable bonds is 8. The van der Waals surface area contributed by atoms with Crippen molar-refractivity contribution in [3.8, 4) is 0 Å². The molecule has 0 spiro atoms. The Morgan fingerprint density at radius 2 is 2.00 bits per heavy atom. The molecule has 0 radical (unpaired) electrons. The molecule has 0 atom stereocenters. The second-order valence-electron chi connectivity index (χ2n) is 6.39. The molecule has 0 aliphatic rings. The van der Waals surface area contributed by atoms with Crippen molar-refractivity contribution in [3.05, 3.63) is 30.0 Å². The standard InChI is InChI=1S/C18H25N5O2S/c1-3-11-23-15(10-6-7-12-26(24,25)20-2)16-13-8-4-5-9-14(13)21-18(19)17(16)22-23/h4-5,8-9,20H,3,6-7,10-12H2,1-2H3,(H2,19,21). The first kappa shape index (κ1) is 18.6. The Bertz CT molecular complexity index is 1030. The minimum atomic E-state index is -3.17. The van der Waals surface area contributed by atoms with E-state index in [-0.39, 0.29) is 5.75 Å². The molecule has 3 rings (SSSR count). The first-order chi connectivity index (χ1) is 12.5. The van der Waals surface area contributed by atoms with Crippen molar-refractivity contribution >= 4 is 37.6 Å². The number of pyridine rings is 1. The highest BCUT2D eigenvalue weighted by atomic mass is 32.2. The van der Waals surface area contributed by atoms with E-state index < -0.39 is 10.0 Å². The number of nitrogens with zero attached hydrogens (tertiary/aromatic N) is 3. The number of nitrogen functional groups attached to an aromatic ring is 1. The SMILES string of the molecule is CCCn1nc2c(N)nc3ccccc3c2c1CCCCS(=O)(=O)NC. The van der Waals surface area contributed by atoms with Crippen LogP contribution in [0, 0.1) is 0 Å². The smallest absolute Gasteiger partial charge is 0.211 e. The lowest BCUT2D eigenvalue weighted by molar-refractivity contribution is 0.566.